The fraction of sp³-hybridized carbons (Fsp3) is 0.643. The zero-order chi connectivity index (χ0) is 15.5. The van der Waals surface area contributed by atoms with Gasteiger partial charge < -0.3 is 19.7 Å². The smallest absolute Gasteiger partial charge is 0.275 e. The molecule has 2 amide bonds. The van der Waals surface area contributed by atoms with Crippen LogP contribution in [0.3, 0.4) is 0 Å². The minimum atomic E-state index is -0.201. The van der Waals surface area contributed by atoms with Gasteiger partial charge in [0.25, 0.3) is 5.91 Å². The highest BCUT2D eigenvalue weighted by atomic mass is 16.5. The van der Waals surface area contributed by atoms with Crippen molar-refractivity contribution >= 4 is 11.8 Å². The van der Waals surface area contributed by atoms with Gasteiger partial charge in [0.05, 0.1) is 32.9 Å². The van der Waals surface area contributed by atoms with E-state index in [1.807, 2.05) is 4.68 Å². The second-order valence-corrected chi connectivity index (χ2v) is 5.37. The molecule has 0 aliphatic carbocycles. The molecule has 22 heavy (non-hydrogen) atoms. The summed E-state index contributed by atoms with van der Waals surface area (Å²) in [6, 6.07) is 0. The summed E-state index contributed by atoms with van der Waals surface area (Å²) in [6.45, 7) is 3.23. The van der Waals surface area contributed by atoms with Gasteiger partial charge in [0.2, 0.25) is 5.91 Å². The lowest BCUT2D eigenvalue weighted by Gasteiger charge is -2.26. The number of hydrogen-bond donors (Lipinski definition) is 1. The number of nitrogens with zero attached hydrogens (tertiary/aromatic N) is 3. The number of aromatic nitrogens is 2. The van der Waals surface area contributed by atoms with E-state index in [9.17, 15) is 9.59 Å². The first-order valence-electron chi connectivity index (χ1n) is 7.42. The standard InChI is InChI=1S/C14H20N4O4/c1-21-7-5-18-11-2-6-22-9-10(11)13(16-18)14(20)17-4-3-15-12(19)8-17/h2-9H2,1H3,(H,15,19). The Balaban J connectivity index is 1.87. The molecule has 1 saturated heterocycles. The summed E-state index contributed by atoms with van der Waals surface area (Å²) in [5.41, 5.74) is 2.28. The van der Waals surface area contributed by atoms with Crippen molar-refractivity contribution in [2.75, 3.05) is 40.0 Å². The van der Waals surface area contributed by atoms with E-state index < -0.39 is 0 Å². The van der Waals surface area contributed by atoms with Crippen molar-refractivity contribution in [2.45, 2.75) is 19.6 Å². The lowest BCUT2D eigenvalue weighted by molar-refractivity contribution is -0.123. The van der Waals surface area contributed by atoms with Gasteiger partial charge in [-0.15, -0.1) is 0 Å². The average molecular weight is 308 g/mol. The minimum Gasteiger partial charge on any atom is -0.383 e. The summed E-state index contributed by atoms with van der Waals surface area (Å²) in [5, 5.41) is 7.18. The molecule has 3 heterocycles. The van der Waals surface area contributed by atoms with Crippen LogP contribution in [0.4, 0.5) is 0 Å². The van der Waals surface area contributed by atoms with Gasteiger partial charge in [0.15, 0.2) is 5.69 Å². The third kappa shape index (κ3) is 2.84. The van der Waals surface area contributed by atoms with E-state index in [-0.39, 0.29) is 18.4 Å². The maximum Gasteiger partial charge on any atom is 0.275 e. The molecular weight excluding hydrogens is 288 g/mol. The molecule has 0 bridgehead atoms. The normalized spacial score (nSPS) is 18.0. The van der Waals surface area contributed by atoms with Gasteiger partial charge in [0.1, 0.15) is 0 Å². The maximum absolute atomic E-state index is 12.7. The van der Waals surface area contributed by atoms with Crippen LogP contribution in [0.25, 0.3) is 0 Å². The molecule has 0 aromatic carbocycles. The van der Waals surface area contributed by atoms with Crippen LogP contribution >= 0.6 is 0 Å². The van der Waals surface area contributed by atoms with E-state index in [0.717, 1.165) is 17.7 Å². The summed E-state index contributed by atoms with van der Waals surface area (Å²) < 4.78 is 12.4. The molecule has 2 aliphatic heterocycles. The molecule has 1 aromatic rings. The van der Waals surface area contributed by atoms with Gasteiger partial charge in [-0.1, -0.05) is 0 Å². The second-order valence-electron chi connectivity index (χ2n) is 5.37. The molecule has 1 fully saturated rings. The number of hydrogen-bond acceptors (Lipinski definition) is 5. The number of nitrogens with one attached hydrogen (secondary N) is 1. The monoisotopic (exact) mass is 308 g/mol. The number of rotatable bonds is 4. The van der Waals surface area contributed by atoms with Crippen LogP contribution in [0.1, 0.15) is 21.7 Å². The predicted octanol–water partition coefficient (Wildman–Crippen LogP) is -0.826. The number of ether oxygens (including phenoxy) is 2. The summed E-state index contributed by atoms with van der Waals surface area (Å²) in [4.78, 5) is 25.7. The van der Waals surface area contributed by atoms with Crippen LogP contribution < -0.4 is 5.32 Å². The Hall–Kier alpha value is -1.93. The van der Waals surface area contributed by atoms with Crippen molar-refractivity contribution in [3.05, 3.63) is 17.0 Å². The quantitative estimate of drug-likeness (QED) is 0.785. The highest BCUT2D eigenvalue weighted by molar-refractivity contribution is 5.96. The maximum atomic E-state index is 12.7. The van der Waals surface area contributed by atoms with Crippen molar-refractivity contribution in [2.24, 2.45) is 0 Å². The van der Waals surface area contributed by atoms with E-state index in [0.29, 0.717) is 45.1 Å². The van der Waals surface area contributed by atoms with Crippen LogP contribution in [-0.4, -0.2) is 66.5 Å². The molecule has 0 spiro atoms. The van der Waals surface area contributed by atoms with Crippen LogP contribution in [-0.2, 0) is 33.8 Å². The average Bonchev–Trinajstić information content (AvgIpc) is 2.91. The fourth-order valence-corrected chi connectivity index (χ4v) is 2.80. The van der Waals surface area contributed by atoms with E-state index in [1.165, 1.54) is 4.90 Å². The lowest BCUT2D eigenvalue weighted by atomic mass is 10.1. The Morgan fingerprint density at radius 1 is 1.50 bits per heavy atom. The first-order valence-corrected chi connectivity index (χ1v) is 7.42. The molecule has 1 aromatic heterocycles. The Morgan fingerprint density at radius 3 is 3.14 bits per heavy atom. The number of carbonyl (C=O) groups excluding carboxylic acids is 2. The van der Waals surface area contributed by atoms with E-state index in [4.69, 9.17) is 9.47 Å². The SMILES string of the molecule is COCCn1nc(C(=O)N2CCNC(=O)C2)c2c1CCOC2. The first-order chi connectivity index (χ1) is 10.7. The van der Waals surface area contributed by atoms with Crippen LogP contribution in [0, 0.1) is 0 Å². The van der Waals surface area contributed by atoms with Crippen molar-refractivity contribution in [1.29, 1.82) is 0 Å². The van der Waals surface area contributed by atoms with Crippen molar-refractivity contribution < 1.29 is 19.1 Å². The molecule has 3 rings (SSSR count). The number of amides is 2. The highest BCUT2D eigenvalue weighted by Gasteiger charge is 2.30. The Bertz CT molecular complexity index is 584. The molecule has 0 saturated carbocycles. The van der Waals surface area contributed by atoms with Gasteiger partial charge in [-0.05, 0) is 0 Å². The molecule has 0 atom stereocenters. The topological polar surface area (TPSA) is 85.7 Å². The van der Waals surface area contributed by atoms with Gasteiger partial charge in [-0.25, -0.2) is 0 Å². The van der Waals surface area contributed by atoms with E-state index >= 15 is 0 Å². The lowest BCUT2D eigenvalue weighted by Crippen LogP contribution is -2.50. The van der Waals surface area contributed by atoms with Crippen LogP contribution in [0.15, 0.2) is 0 Å². The number of fused-ring (bicyclic) bond motifs is 1. The zero-order valence-electron chi connectivity index (χ0n) is 12.6. The van der Waals surface area contributed by atoms with Gasteiger partial charge >= 0.3 is 0 Å². The summed E-state index contributed by atoms with van der Waals surface area (Å²) in [5.74, 6) is -0.337. The molecule has 0 unspecified atom stereocenters. The van der Waals surface area contributed by atoms with Gasteiger partial charge in [0, 0.05) is 37.9 Å². The van der Waals surface area contributed by atoms with Gasteiger partial charge in [-0.2, -0.15) is 5.10 Å². The third-order valence-electron chi connectivity index (χ3n) is 3.93. The number of carbonyl (C=O) groups is 2. The molecule has 0 radical (unpaired) electrons. The van der Waals surface area contributed by atoms with Crippen LogP contribution in [0.2, 0.25) is 0 Å². The van der Waals surface area contributed by atoms with Crippen molar-refractivity contribution in [3.8, 4) is 0 Å². The zero-order valence-corrected chi connectivity index (χ0v) is 12.6. The van der Waals surface area contributed by atoms with Crippen molar-refractivity contribution in [1.82, 2.24) is 20.0 Å². The molecule has 8 heteroatoms. The summed E-state index contributed by atoms with van der Waals surface area (Å²) >= 11 is 0. The first kappa shape index (κ1) is 15.0. The van der Waals surface area contributed by atoms with E-state index in [2.05, 4.69) is 10.4 Å². The fourth-order valence-electron chi connectivity index (χ4n) is 2.80. The Kier molecular flexibility index (Phi) is 4.39. The molecule has 120 valence electrons. The molecule has 8 nitrogen and oxygen atoms in total. The Labute approximate surface area is 128 Å². The number of piperazine rings is 1. The molecule has 1 N–H and O–H groups in total. The van der Waals surface area contributed by atoms with Gasteiger partial charge in [-0.3, -0.25) is 14.3 Å². The number of methoxy groups -OCH3 is 1. The predicted molar refractivity (Wildman–Crippen MR) is 76.4 cm³/mol. The largest absolute Gasteiger partial charge is 0.383 e. The van der Waals surface area contributed by atoms with Crippen molar-refractivity contribution in [3.63, 3.8) is 0 Å². The summed E-state index contributed by atoms with van der Waals surface area (Å²) in [6.07, 6.45) is 0.736. The summed E-state index contributed by atoms with van der Waals surface area (Å²) in [7, 11) is 1.64. The minimum absolute atomic E-state index is 0.0827. The molecule has 2 aliphatic rings. The highest BCUT2D eigenvalue weighted by Crippen LogP contribution is 2.22. The molecular formula is C14H20N4O4. The second kappa shape index (κ2) is 6.45. The van der Waals surface area contributed by atoms with Crippen LogP contribution in [0.5, 0.6) is 0 Å². The van der Waals surface area contributed by atoms with E-state index in [1.54, 1.807) is 7.11 Å². The third-order valence-corrected chi connectivity index (χ3v) is 3.93. The Morgan fingerprint density at radius 2 is 2.36 bits per heavy atom.